The van der Waals surface area contributed by atoms with Crippen LogP contribution in [0.15, 0.2) is 6.20 Å². The molecule has 1 unspecified atom stereocenters. The number of hydrogen-bond acceptors (Lipinski definition) is 5. The van der Waals surface area contributed by atoms with E-state index in [-0.39, 0.29) is 17.2 Å². The molecule has 3 aliphatic heterocycles. The molecule has 1 aromatic rings. The van der Waals surface area contributed by atoms with Gasteiger partial charge in [0.15, 0.2) is 0 Å². The average Bonchev–Trinajstić information content (AvgIpc) is 3.35. The van der Waals surface area contributed by atoms with Gasteiger partial charge < -0.3 is 14.5 Å². The number of likely N-dealkylation sites (tertiary alicyclic amines) is 2. The van der Waals surface area contributed by atoms with E-state index in [1.165, 1.54) is 0 Å². The third-order valence-electron chi connectivity index (χ3n) is 6.55. The van der Waals surface area contributed by atoms with Crippen LogP contribution < -0.4 is 0 Å². The van der Waals surface area contributed by atoms with E-state index in [0.717, 1.165) is 70.0 Å². The Morgan fingerprint density at radius 1 is 1.18 bits per heavy atom. The predicted octanol–water partition coefficient (Wildman–Crippen LogP) is 0.0542. The summed E-state index contributed by atoms with van der Waals surface area (Å²) in [4.78, 5) is 32.2. The highest BCUT2D eigenvalue weighted by molar-refractivity contribution is 5.87. The standard InChI is InChI=1S/C20H31N5O3/c1-16-17(14-22(2)21-16)13-18(26)25-6-4-20(15-25)3-5-24(19(20)27)8-7-23-9-11-28-12-10-23/h14H,3-13,15H2,1-2H3. The molecule has 4 rings (SSSR count). The molecule has 8 heteroatoms. The summed E-state index contributed by atoms with van der Waals surface area (Å²) in [6, 6.07) is 0. The highest BCUT2D eigenvalue weighted by Crippen LogP contribution is 2.40. The second kappa shape index (κ2) is 7.83. The quantitative estimate of drug-likeness (QED) is 0.712. The lowest BCUT2D eigenvalue weighted by molar-refractivity contribution is -0.136. The maximum absolute atomic E-state index is 13.1. The van der Waals surface area contributed by atoms with Gasteiger partial charge in [-0.05, 0) is 19.8 Å². The molecule has 0 bridgehead atoms. The van der Waals surface area contributed by atoms with Crippen LogP contribution in [-0.4, -0.2) is 95.3 Å². The summed E-state index contributed by atoms with van der Waals surface area (Å²) < 4.78 is 7.14. The topological polar surface area (TPSA) is 70.9 Å². The Hall–Kier alpha value is -1.93. The van der Waals surface area contributed by atoms with E-state index in [1.54, 1.807) is 4.68 Å². The van der Waals surface area contributed by atoms with Gasteiger partial charge in [0.2, 0.25) is 11.8 Å². The van der Waals surface area contributed by atoms with Crippen LogP contribution in [0.4, 0.5) is 0 Å². The van der Waals surface area contributed by atoms with Crippen LogP contribution in [0.5, 0.6) is 0 Å². The first kappa shape index (κ1) is 19.4. The lowest BCUT2D eigenvalue weighted by atomic mass is 9.85. The molecular formula is C20H31N5O3. The fraction of sp³-hybridized carbons (Fsp3) is 0.750. The summed E-state index contributed by atoms with van der Waals surface area (Å²) in [7, 11) is 1.87. The van der Waals surface area contributed by atoms with Crippen molar-refractivity contribution in [2.75, 3.05) is 59.0 Å². The van der Waals surface area contributed by atoms with Crippen molar-refractivity contribution in [3.05, 3.63) is 17.5 Å². The van der Waals surface area contributed by atoms with E-state index in [4.69, 9.17) is 4.74 Å². The number of ether oxygens (including phenoxy) is 1. The molecule has 28 heavy (non-hydrogen) atoms. The number of aromatic nitrogens is 2. The minimum atomic E-state index is -0.356. The van der Waals surface area contributed by atoms with E-state index in [1.807, 2.05) is 30.0 Å². The van der Waals surface area contributed by atoms with Gasteiger partial charge in [-0.3, -0.25) is 19.2 Å². The number of nitrogens with zero attached hydrogens (tertiary/aromatic N) is 5. The molecule has 0 aliphatic carbocycles. The summed E-state index contributed by atoms with van der Waals surface area (Å²) in [5.74, 6) is 0.348. The zero-order valence-electron chi connectivity index (χ0n) is 17.0. The van der Waals surface area contributed by atoms with E-state index < -0.39 is 0 Å². The van der Waals surface area contributed by atoms with Gasteiger partial charge in [-0.2, -0.15) is 5.10 Å². The fourth-order valence-corrected chi connectivity index (χ4v) is 4.75. The van der Waals surface area contributed by atoms with Crippen LogP contribution in [0.3, 0.4) is 0 Å². The lowest BCUT2D eigenvalue weighted by Crippen LogP contribution is -2.44. The van der Waals surface area contributed by atoms with Crippen molar-refractivity contribution in [3.8, 4) is 0 Å². The van der Waals surface area contributed by atoms with Crippen LogP contribution in [0.1, 0.15) is 24.1 Å². The van der Waals surface area contributed by atoms with E-state index in [2.05, 4.69) is 10.00 Å². The number of aryl methyl sites for hydroxylation is 2. The molecule has 1 atom stereocenters. The van der Waals surface area contributed by atoms with Crippen LogP contribution in [-0.2, 0) is 27.8 Å². The van der Waals surface area contributed by atoms with Gasteiger partial charge in [0.05, 0.1) is 30.7 Å². The second-order valence-corrected chi connectivity index (χ2v) is 8.43. The molecule has 3 aliphatic rings. The van der Waals surface area contributed by atoms with Crippen LogP contribution in [0.25, 0.3) is 0 Å². The molecule has 1 aromatic heterocycles. The molecule has 0 radical (unpaired) electrons. The average molecular weight is 390 g/mol. The van der Waals surface area contributed by atoms with Crippen molar-refractivity contribution in [2.24, 2.45) is 12.5 Å². The number of carbonyl (C=O) groups is 2. The van der Waals surface area contributed by atoms with Gasteiger partial charge in [0.25, 0.3) is 0 Å². The maximum atomic E-state index is 13.1. The molecule has 2 amide bonds. The molecule has 8 nitrogen and oxygen atoms in total. The van der Waals surface area contributed by atoms with Crippen molar-refractivity contribution < 1.29 is 14.3 Å². The SMILES string of the molecule is Cc1nn(C)cc1CC(=O)N1CCC2(CCN(CCN3CCOCC3)C2=O)C1. The molecule has 1 spiro atoms. The summed E-state index contributed by atoms with van der Waals surface area (Å²) in [5, 5.41) is 4.32. The predicted molar refractivity (Wildman–Crippen MR) is 104 cm³/mol. The number of morpholine rings is 1. The van der Waals surface area contributed by atoms with Gasteiger partial charge >= 0.3 is 0 Å². The van der Waals surface area contributed by atoms with Gasteiger partial charge in [0.1, 0.15) is 0 Å². The molecule has 0 N–H and O–H groups in total. The Morgan fingerprint density at radius 3 is 2.64 bits per heavy atom. The third-order valence-corrected chi connectivity index (χ3v) is 6.55. The Kier molecular flexibility index (Phi) is 5.42. The van der Waals surface area contributed by atoms with Crippen LogP contribution >= 0.6 is 0 Å². The van der Waals surface area contributed by atoms with Gasteiger partial charge in [-0.15, -0.1) is 0 Å². The van der Waals surface area contributed by atoms with Gasteiger partial charge in [-0.25, -0.2) is 0 Å². The molecule has 154 valence electrons. The zero-order chi connectivity index (χ0) is 19.7. The number of amides is 2. The van der Waals surface area contributed by atoms with Crippen molar-refractivity contribution in [1.82, 2.24) is 24.5 Å². The van der Waals surface area contributed by atoms with Crippen molar-refractivity contribution >= 4 is 11.8 Å². The number of hydrogen-bond donors (Lipinski definition) is 0. The van der Waals surface area contributed by atoms with E-state index >= 15 is 0 Å². The zero-order valence-corrected chi connectivity index (χ0v) is 17.0. The number of rotatable bonds is 5. The fourth-order valence-electron chi connectivity index (χ4n) is 4.75. The first-order chi connectivity index (χ1) is 13.5. The highest BCUT2D eigenvalue weighted by Gasteiger charge is 2.51. The van der Waals surface area contributed by atoms with Gasteiger partial charge in [0, 0.05) is 64.6 Å². The van der Waals surface area contributed by atoms with Crippen molar-refractivity contribution in [2.45, 2.75) is 26.2 Å². The second-order valence-electron chi connectivity index (χ2n) is 8.43. The molecule has 3 fully saturated rings. The smallest absolute Gasteiger partial charge is 0.230 e. The largest absolute Gasteiger partial charge is 0.379 e. The Balaban J connectivity index is 1.31. The van der Waals surface area contributed by atoms with E-state index in [9.17, 15) is 9.59 Å². The highest BCUT2D eigenvalue weighted by atomic mass is 16.5. The van der Waals surface area contributed by atoms with Gasteiger partial charge in [-0.1, -0.05) is 0 Å². The lowest BCUT2D eigenvalue weighted by Gasteiger charge is -2.29. The number of carbonyl (C=O) groups excluding carboxylic acids is 2. The van der Waals surface area contributed by atoms with Crippen molar-refractivity contribution in [1.29, 1.82) is 0 Å². The molecule has 0 saturated carbocycles. The maximum Gasteiger partial charge on any atom is 0.230 e. The Morgan fingerprint density at radius 2 is 1.93 bits per heavy atom. The minimum absolute atomic E-state index is 0.104. The molecule has 0 aromatic carbocycles. The minimum Gasteiger partial charge on any atom is -0.379 e. The summed E-state index contributed by atoms with van der Waals surface area (Å²) >= 11 is 0. The monoisotopic (exact) mass is 389 g/mol. The third kappa shape index (κ3) is 3.80. The Bertz CT molecular complexity index is 742. The van der Waals surface area contributed by atoms with E-state index in [0.29, 0.717) is 19.5 Å². The van der Waals surface area contributed by atoms with Crippen LogP contribution in [0.2, 0.25) is 0 Å². The Labute approximate surface area is 166 Å². The normalized spacial score (nSPS) is 26.0. The first-order valence-corrected chi connectivity index (χ1v) is 10.3. The molecule has 3 saturated heterocycles. The molecular weight excluding hydrogens is 358 g/mol. The summed E-state index contributed by atoms with van der Waals surface area (Å²) in [6.07, 6.45) is 3.93. The summed E-state index contributed by atoms with van der Waals surface area (Å²) in [5.41, 5.74) is 1.51. The van der Waals surface area contributed by atoms with Crippen molar-refractivity contribution in [3.63, 3.8) is 0 Å². The molecule has 4 heterocycles. The first-order valence-electron chi connectivity index (χ1n) is 10.3. The van der Waals surface area contributed by atoms with Crippen LogP contribution in [0, 0.1) is 12.3 Å². The summed E-state index contributed by atoms with van der Waals surface area (Å²) in [6.45, 7) is 9.15.